The molecule has 3 rings (SSSR count). The Balaban J connectivity index is 0.000000224. The molecule has 1 heterocycles. The maximum atomic E-state index is 11.6. The first kappa shape index (κ1) is 19.6. The molecule has 0 amide bonds. The number of carbonyl (C=O) groups excluding carboxylic acids is 1. The minimum absolute atomic E-state index is 0. The predicted octanol–water partition coefficient (Wildman–Crippen LogP) is 4.72. The van der Waals surface area contributed by atoms with Gasteiger partial charge in [-0.25, -0.2) is 6.07 Å². The summed E-state index contributed by atoms with van der Waals surface area (Å²) in [6.07, 6.45) is 0.729. The fraction of sp³-hybridized carbons (Fsp3) is 0.211. The van der Waals surface area contributed by atoms with Gasteiger partial charge in [0.2, 0.25) is 0 Å². The van der Waals surface area contributed by atoms with Gasteiger partial charge in [0, 0.05) is 23.2 Å². The number of aryl methyl sites for hydroxylation is 1. The monoisotopic (exact) mass is 368 g/mol. The number of aliphatic hydroxyl groups excluding tert-OH is 1. The molecule has 0 aliphatic carbocycles. The van der Waals surface area contributed by atoms with E-state index in [9.17, 15) is 4.79 Å². The molecule has 1 atom stereocenters. The first-order valence-corrected chi connectivity index (χ1v) is 8.23. The van der Waals surface area contributed by atoms with Gasteiger partial charge in [-0.15, -0.1) is 0 Å². The van der Waals surface area contributed by atoms with Crippen molar-refractivity contribution in [1.82, 2.24) is 0 Å². The second-order valence-corrected chi connectivity index (χ2v) is 6.01. The first-order chi connectivity index (χ1) is 10.6. The minimum atomic E-state index is -0.319. The molecule has 0 saturated heterocycles. The minimum Gasteiger partial charge on any atom is -0.644 e. The molecule has 0 spiro atoms. The second-order valence-electron chi connectivity index (χ2n) is 5.06. The Kier molecular flexibility index (Phi) is 8.21. The van der Waals surface area contributed by atoms with Gasteiger partial charge in [0.1, 0.15) is 0 Å². The van der Waals surface area contributed by atoms with E-state index < -0.39 is 0 Å². The summed E-state index contributed by atoms with van der Waals surface area (Å²) in [6.45, 7) is 3.90. The summed E-state index contributed by atoms with van der Waals surface area (Å²) in [7, 11) is 0. The molecule has 2 aromatic carbocycles. The second kappa shape index (κ2) is 9.64. The normalized spacial score (nSPS) is 11.1. The quantitative estimate of drug-likeness (QED) is 0.411. The summed E-state index contributed by atoms with van der Waals surface area (Å²) in [6, 6.07) is 17.2. The van der Waals surface area contributed by atoms with E-state index >= 15 is 0 Å². The van der Waals surface area contributed by atoms with Crippen molar-refractivity contribution in [3.05, 3.63) is 81.5 Å². The molecule has 0 aliphatic rings. The Morgan fingerprint density at radius 2 is 2.04 bits per heavy atom. The summed E-state index contributed by atoms with van der Waals surface area (Å²) >= 11 is 1.48. The number of ketones is 1. The van der Waals surface area contributed by atoms with Gasteiger partial charge in [-0.3, -0.25) is 4.88 Å². The van der Waals surface area contributed by atoms with Crippen molar-refractivity contribution in [3.63, 3.8) is 0 Å². The van der Waals surface area contributed by atoms with Crippen LogP contribution in [0.25, 0.3) is 0 Å². The fourth-order valence-corrected chi connectivity index (χ4v) is 2.75. The van der Waals surface area contributed by atoms with Crippen LogP contribution < -0.4 is 0 Å². The zero-order valence-electron chi connectivity index (χ0n) is 13.2. The third-order valence-electron chi connectivity index (χ3n) is 3.40. The van der Waals surface area contributed by atoms with Gasteiger partial charge in [0.15, 0.2) is 0 Å². The Labute approximate surface area is 152 Å². The van der Waals surface area contributed by atoms with Crippen LogP contribution in [0.2, 0.25) is 0 Å². The van der Waals surface area contributed by atoms with Crippen LogP contribution in [0.5, 0.6) is 0 Å². The summed E-state index contributed by atoms with van der Waals surface area (Å²) in [5.41, 5.74) is 3.10. The largest absolute Gasteiger partial charge is 0.644 e. The molecule has 1 N–H and O–H groups in total. The zero-order valence-corrected chi connectivity index (χ0v) is 15.1. The van der Waals surface area contributed by atoms with Crippen LogP contribution in [0.4, 0.5) is 0 Å². The number of hydrogen-bond acceptors (Lipinski definition) is 3. The third kappa shape index (κ3) is 5.59. The molecule has 3 aromatic rings. The van der Waals surface area contributed by atoms with Gasteiger partial charge in [0.25, 0.3) is 0 Å². The van der Waals surface area contributed by atoms with Gasteiger partial charge in [0.05, 0.1) is 0 Å². The van der Waals surface area contributed by atoms with Gasteiger partial charge < -0.3 is 56.9 Å². The van der Waals surface area contributed by atoms with Crippen LogP contribution in [0.1, 0.15) is 46.3 Å². The van der Waals surface area contributed by atoms with Crippen LogP contribution in [0.15, 0.2) is 60.0 Å². The Morgan fingerprint density at radius 1 is 1.35 bits per heavy atom. The first-order valence-electron chi connectivity index (χ1n) is 7.35. The topological polar surface area (TPSA) is 37.3 Å². The molecule has 128 valence electrons. The van der Waals surface area contributed by atoms with Crippen LogP contribution in [-0.2, 0) is 23.5 Å². The summed E-state index contributed by atoms with van der Waals surface area (Å²) in [5.74, 6) is 0.120. The van der Waals surface area contributed by atoms with Gasteiger partial charge >= 0.3 is 0 Å². The number of aliphatic hydroxyl groups is 1. The van der Waals surface area contributed by atoms with Crippen molar-refractivity contribution < 1.29 is 27.0 Å². The van der Waals surface area contributed by atoms with E-state index in [2.05, 4.69) is 13.0 Å². The number of hydrogen-bond donors (Lipinski definition) is 1. The average molecular weight is 368 g/mol. The summed E-state index contributed by atoms with van der Waals surface area (Å²) < 4.78 is 0. The number of rotatable bonds is 4. The predicted molar refractivity (Wildman–Crippen MR) is 91.8 cm³/mol. The average Bonchev–Trinajstić information content (AvgIpc) is 3.28. The maximum Gasteiger partial charge on any atom is 0.0225 e. The van der Waals surface area contributed by atoms with Crippen LogP contribution in [0.3, 0.4) is 0 Å². The molecule has 0 aliphatic heterocycles. The Hall–Kier alpha value is -1.45. The maximum absolute atomic E-state index is 11.6. The molecule has 23 heavy (non-hydrogen) atoms. The fourth-order valence-electron chi connectivity index (χ4n) is 2.07. The van der Waals surface area contributed by atoms with Crippen molar-refractivity contribution in [3.8, 4) is 0 Å². The molecule has 1 aromatic heterocycles. The van der Waals surface area contributed by atoms with Crippen LogP contribution in [0, 0.1) is 0 Å². The summed E-state index contributed by atoms with van der Waals surface area (Å²) in [5, 5.41) is 11.0. The molecule has 2 nitrogen and oxygen atoms in total. The molecule has 0 fully saturated rings. The molecular formula is C19H20FeO2S-6. The molecule has 4 heteroatoms. The Bertz CT molecular complexity index is 643. The van der Waals surface area contributed by atoms with E-state index in [1.807, 2.05) is 53.9 Å². The van der Waals surface area contributed by atoms with Crippen molar-refractivity contribution in [2.24, 2.45) is 0 Å². The SMILES string of the molecule is CC[c-]1ccc(C(C)O)c1.O=C(c1cccs1)[c-]1[cH-][cH-][cH-][cH-]1.[Fe]. The van der Waals surface area contributed by atoms with E-state index in [1.54, 1.807) is 6.92 Å². The van der Waals surface area contributed by atoms with Crippen molar-refractivity contribution in [1.29, 1.82) is 0 Å². The van der Waals surface area contributed by atoms with Crippen LogP contribution >= 0.6 is 11.3 Å². The molecule has 1 unspecified atom stereocenters. The van der Waals surface area contributed by atoms with Crippen molar-refractivity contribution in [2.45, 2.75) is 26.4 Å². The van der Waals surface area contributed by atoms with E-state index in [1.165, 1.54) is 16.9 Å². The molecule has 0 saturated carbocycles. The van der Waals surface area contributed by atoms with E-state index in [0.717, 1.165) is 22.4 Å². The van der Waals surface area contributed by atoms with Crippen LogP contribution in [-0.4, -0.2) is 10.9 Å². The zero-order chi connectivity index (χ0) is 15.9. The van der Waals surface area contributed by atoms with Gasteiger partial charge in [-0.1, -0.05) is 19.4 Å². The summed E-state index contributed by atoms with van der Waals surface area (Å²) in [4.78, 5) is 12.4. The molecule has 0 radical (unpaired) electrons. The van der Waals surface area contributed by atoms with E-state index in [-0.39, 0.29) is 29.0 Å². The van der Waals surface area contributed by atoms with Gasteiger partial charge in [-0.2, -0.15) is 29.3 Å². The standard InChI is InChI=1S/C10H7OS.C9H13O.Fe/c11-10(8-4-1-2-5-8)9-6-3-7-12-9;1-3-8-4-5-9(6-8)7(2)10;/h1-7H;4-7,10H,3H2,1-2H3;/q-5;-1;. The smallest absolute Gasteiger partial charge is 0.0225 e. The van der Waals surface area contributed by atoms with Gasteiger partial charge in [-0.05, 0) is 12.3 Å². The molecule has 0 bridgehead atoms. The number of thiophene rings is 1. The van der Waals surface area contributed by atoms with E-state index in [0.29, 0.717) is 0 Å². The third-order valence-corrected chi connectivity index (χ3v) is 4.27. The van der Waals surface area contributed by atoms with E-state index in [4.69, 9.17) is 5.11 Å². The Morgan fingerprint density at radius 3 is 2.48 bits per heavy atom. The molecular weight excluding hydrogens is 348 g/mol. The van der Waals surface area contributed by atoms with Crippen molar-refractivity contribution >= 4 is 17.1 Å². The number of carbonyl (C=O) groups is 1. The van der Waals surface area contributed by atoms with Crippen molar-refractivity contribution in [2.75, 3.05) is 0 Å².